The van der Waals surface area contributed by atoms with Crippen molar-refractivity contribution in [1.29, 1.82) is 0 Å². The van der Waals surface area contributed by atoms with Crippen molar-refractivity contribution < 1.29 is 14.3 Å². The topological polar surface area (TPSA) is 62.8 Å². The van der Waals surface area contributed by atoms with Crippen molar-refractivity contribution in [1.82, 2.24) is 15.5 Å². The van der Waals surface area contributed by atoms with Crippen LogP contribution >= 0.6 is 0 Å². The van der Waals surface area contributed by atoms with E-state index in [2.05, 4.69) is 53.6 Å². The highest BCUT2D eigenvalue weighted by atomic mass is 16.5. The molecule has 0 bridgehead atoms. The molecule has 2 aromatic rings. The van der Waals surface area contributed by atoms with Gasteiger partial charge in [0.1, 0.15) is 12.4 Å². The molecule has 1 aliphatic rings. The van der Waals surface area contributed by atoms with Gasteiger partial charge in [0, 0.05) is 38.8 Å². The lowest BCUT2D eigenvalue weighted by Gasteiger charge is -2.27. The summed E-state index contributed by atoms with van der Waals surface area (Å²) in [7, 11) is 1.64. The van der Waals surface area contributed by atoms with Gasteiger partial charge in [0.15, 0.2) is 0 Å². The van der Waals surface area contributed by atoms with Crippen LogP contribution in [-0.4, -0.2) is 55.7 Å². The van der Waals surface area contributed by atoms with E-state index in [-0.39, 0.29) is 18.0 Å². The number of rotatable bonds is 11. The van der Waals surface area contributed by atoms with E-state index < -0.39 is 0 Å². The maximum Gasteiger partial charge on any atom is 0.237 e. The molecule has 0 radical (unpaired) electrons. The molecule has 0 saturated carbocycles. The Hall–Kier alpha value is -2.41. The van der Waals surface area contributed by atoms with Gasteiger partial charge in [0.25, 0.3) is 0 Å². The number of nitrogens with one attached hydrogen (secondary N) is 2. The smallest absolute Gasteiger partial charge is 0.237 e. The number of benzene rings is 2. The monoisotopic (exact) mass is 425 g/mol. The number of methoxy groups -OCH3 is 1. The normalized spacial score (nSPS) is 19.0. The predicted molar refractivity (Wildman–Crippen MR) is 123 cm³/mol. The van der Waals surface area contributed by atoms with Gasteiger partial charge in [-0.2, -0.15) is 0 Å². The van der Waals surface area contributed by atoms with Crippen LogP contribution in [-0.2, 0) is 22.7 Å². The van der Waals surface area contributed by atoms with E-state index in [4.69, 9.17) is 9.47 Å². The molecule has 2 N–H and O–H groups in total. The first-order chi connectivity index (χ1) is 15.1. The Morgan fingerprint density at radius 1 is 1.10 bits per heavy atom. The Labute approximate surface area is 185 Å². The van der Waals surface area contributed by atoms with Crippen LogP contribution in [0.1, 0.15) is 31.4 Å². The minimum Gasteiger partial charge on any atom is -0.489 e. The van der Waals surface area contributed by atoms with Crippen LogP contribution in [0, 0.1) is 0 Å². The molecule has 1 fully saturated rings. The molecule has 0 unspecified atom stereocenters. The van der Waals surface area contributed by atoms with E-state index in [1.54, 1.807) is 7.11 Å². The first-order valence-corrected chi connectivity index (χ1v) is 11.1. The second-order valence-electron chi connectivity index (χ2n) is 8.32. The number of carbonyl (C=O) groups is 1. The van der Waals surface area contributed by atoms with Gasteiger partial charge < -0.3 is 20.1 Å². The Balaban J connectivity index is 1.47. The van der Waals surface area contributed by atoms with Crippen LogP contribution in [0.4, 0.5) is 0 Å². The van der Waals surface area contributed by atoms with E-state index in [1.165, 1.54) is 5.56 Å². The molecule has 6 nitrogen and oxygen atoms in total. The highest BCUT2D eigenvalue weighted by Gasteiger charge is 2.37. The fourth-order valence-electron chi connectivity index (χ4n) is 3.94. The van der Waals surface area contributed by atoms with Gasteiger partial charge in [-0.05, 0) is 43.5 Å². The lowest BCUT2D eigenvalue weighted by Crippen LogP contribution is -2.46. The minimum atomic E-state index is -0.0943. The summed E-state index contributed by atoms with van der Waals surface area (Å²) in [5, 5.41) is 6.61. The van der Waals surface area contributed by atoms with Gasteiger partial charge >= 0.3 is 0 Å². The standard InChI is InChI=1S/C25H35N3O3/c1-19(2)28-17-22(15-24(28)25(29)26-13-14-30-3)27-16-20-9-11-23(12-10-20)31-18-21-7-5-4-6-8-21/h4-12,19,22,24,27H,13-18H2,1-3H3,(H,26,29)/t22-,24-/m0/s1. The number of hydrogen-bond donors (Lipinski definition) is 2. The van der Waals surface area contributed by atoms with Crippen molar-refractivity contribution in [2.75, 3.05) is 26.8 Å². The average molecular weight is 426 g/mol. The van der Waals surface area contributed by atoms with Gasteiger partial charge in [-0.15, -0.1) is 0 Å². The molecule has 3 rings (SSSR count). The Morgan fingerprint density at radius 2 is 1.84 bits per heavy atom. The molecular weight excluding hydrogens is 390 g/mol. The molecule has 0 aliphatic carbocycles. The number of amides is 1. The first-order valence-electron chi connectivity index (χ1n) is 11.1. The van der Waals surface area contributed by atoms with Crippen LogP contribution in [0.3, 0.4) is 0 Å². The van der Waals surface area contributed by atoms with E-state index >= 15 is 0 Å². The molecule has 2 aromatic carbocycles. The summed E-state index contributed by atoms with van der Waals surface area (Å²) >= 11 is 0. The molecule has 2 atom stereocenters. The fraction of sp³-hybridized carbons (Fsp3) is 0.480. The van der Waals surface area contributed by atoms with Gasteiger partial charge in [-0.1, -0.05) is 42.5 Å². The van der Waals surface area contributed by atoms with Crippen molar-refractivity contribution in [2.24, 2.45) is 0 Å². The second kappa shape index (κ2) is 11.8. The quantitative estimate of drug-likeness (QED) is 0.542. The van der Waals surface area contributed by atoms with Crippen molar-refractivity contribution in [2.45, 2.75) is 51.5 Å². The highest BCUT2D eigenvalue weighted by Crippen LogP contribution is 2.22. The zero-order valence-electron chi connectivity index (χ0n) is 18.8. The lowest BCUT2D eigenvalue weighted by atomic mass is 10.1. The number of nitrogens with zero attached hydrogens (tertiary/aromatic N) is 1. The minimum absolute atomic E-state index is 0.0926. The first kappa shape index (κ1) is 23.3. The predicted octanol–water partition coefficient (Wildman–Crippen LogP) is 2.97. The summed E-state index contributed by atoms with van der Waals surface area (Å²) in [5.74, 6) is 0.960. The van der Waals surface area contributed by atoms with Crippen LogP contribution in [0.5, 0.6) is 5.75 Å². The third-order valence-corrected chi connectivity index (χ3v) is 5.68. The van der Waals surface area contributed by atoms with Crippen LogP contribution in [0.15, 0.2) is 54.6 Å². The Morgan fingerprint density at radius 3 is 2.52 bits per heavy atom. The fourth-order valence-corrected chi connectivity index (χ4v) is 3.94. The lowest BCUT2D eigenvalue weighted by molar-refractivity contribution is -0.126. The zero-order chi connectivity index (χ0) is 22.1. The summed E-state index contributed by atoms with van der Waals surface area (Å²) in [5.41, 5.74) is 2.36. The number of carbonyl (C=O) groups excluding carboxylic acids is 1. The number of hydrogen-bond acceptors (Lipinski definition) is 5. The zero-order valence-corrected chi connectivity index (χ0v) is 18.8. The second-order valence-corrected chi connectivity index (χ2v) is 8.32. The van der Waals surface area contributed by atoms with Crippen molar-refractivity contribution in [3.05, 3.63) is 65.7 Å². The molecule has 0 aromatic heterocycles. The van der Waals surface area contributed by atoms with Crippen LogP contribution in [0.2, 0.25) is 0 Å². The molecule has 168 valence electrons. The van der Waals surface area contributed by atoms with Gasteiger partial charge in [-0.3, -0.25) is 9.69 Å². The molecule has 1 heterocycles. The van der Waals surface area contributed by atoms with Crippen LogP contribution < -0.4 is 15.4 Å². The largest absolute Gasteiger partial charge is 0.489 e. The average Bonchev–Trinajstić information content (AvgIpc) is 3.23. The molecule has 1 saturated heterocycles. The van der Waals surface area contributed by atoms with E-state index in [0.29, 0.717) is 25.8 Å². The molecule has 1 aliphatic heterocycles. The maximum atomic E-state index is 12.6. The number of likely N-dealkylation sites (tertiary alicyclic amines) is 1. The van der Waals surface area contributed by atoms with Gasteiger partial charge in [0.05, 0.1) is 12.6 Å². The van der Waals surface area contributed by atoms with Crippen LogP contribution in [0.25, 0.3) is 0 Å². The molecule has 31 heavy (non-hydrogen) atoms. The summed E-state index contributed by atoms with van der Waals surface area (Å²) in [4.78, 5) is 14.9. The summed E-state index contributed by atoms with van der Waals surface area (Å²) < 4.78 is 10.9. The third kappa shape index (κ3) is 7.06. The van der Waals surface area contributed by atoms with E-state index in [9.17, 15) is 4.79 Å². The van der Waals surface area contributed by atoms with Gasteiger partial charge in [0.2, 0.25) is 5.91 Å². The highest BCUT2D eigenvalue weighted by molar-refractivity contribution is 5.82. The summed E-state index contributed by atoms with van der Waals surface area (Å²) in [6, 6.07) is 18.9. The van der Waals surface area contributed by atoms with Crippen molar-refractivity contribution >= 4 is 5.91 Å². The molecule has 0 spiro atoms. The van der Waals surface area contributed by atoms with Crippen molar-refractivity contribution in [3.63, 3.8) is 0 Å². The van der Waals surface area contributed by atoms with E-state index in [1.807, 2.05) is 30.3 Å². The molecule has 1 amide bonds. The summed E-state index contributed by atoms with van der Waals surface area (Å²) in [6.07, 6.45) is 0.815. The molecular formula is C25H35N3O3. The Bertz CT molecular complexity index is 795. The molecule has 6 heteroatoms. The Kier molecular flexibility index (Phi) is 8.88. The maximum absolute atomic E-state index is 12.6. The van der Waals surface area contributed by atoms with Crippen molar-refractivity contribution in [3.8, 4) is 5.75 Å². The summed E-state index contributed by atoms with van der Waals surface area (Å²) in [6.45, 7) is 7.59. The third-order valence-electron chi connectivity index (χ3n) is 5.68. The van der Waals surface area contributed by atoms with Gasteiger partial charge in [-0.25, -0.2) is 0 Å². The van der Waals surface area contributed by atoms with E-state index in [0.717, 1.165) is 30.8 Å². The SMILES string of the molecule is COCCNC(=O)[C@@H]1C[C@H](NCc2ccc(OCc3ccccc3)cc2)CN1C(C)C. The number of ether oxygens (including phenoxy) is 2.